The van der Waals surface area contributed by atoms with E-state index < -0.39 is 21.8 Å². The zero-order chi connectivity index (χ0) is 15.5. The molecule has 0 saturated carbocycles. The van der Waals surface area contributed by atoms with Crippen molar-refractivity contribution in [3.05, 3.63) is 24.0 Å². The molecule has 2 amide bonds. The third kappa shape index (κ3) is 4.15. The molecule has 1 aromatic rings. The minimum Gasteiger partial charge on any atom is -0.476 e. The van der Waals surface area contributed by atoms with E-state index in [9.17, 15) is 18.0 Å². The van der Waals surface area contributed by atoms with E-state index in [0.29, 0.717) is 6.42 Å². The number of carboxylic acid groups (broad SMARTS) is 1. The van der Waals surface area contributed by atoms with Gasteiger partial charge in [-0.3, -0.25) is 0 Å². The van der Waals surface area contributed by atoms with Gasteiger partial charge in [0.15, 0.2) is 15.5 Å². The van der Waals surface area contributed by atoms with Gasteiger partial charge in [0.2, 0.25) is 0 Å². The smallest absolute Gasteiger partial charge is 0.356 e. The van der Waals surface area contributed by atoms with E-state index in [-0.39, 0.29) is 35.3 Å². The van der Waals surface area contributed by atoms with Gasteiger partial charge in [0, 0.05) is 12.7 Å². The Balaban J connectivity index is 1.90. The van der Waals surface area contributed by atoms with Gasteiger partial charge >= 0.3 is 12.0 Å². The molecule has 1 aliphatic rings. The molecule has 1 saturated heterocycles. The second-order valence-electron chi connectivity index (χ2n) is 4.81. The van der Waals surface area contributed by atoms with Gasteiger partial charge in [0.25, 0.3) is 0 Å². The maximum absolute atomic E-state index is 11.7. The van der Waals surface area contributed by atoms with Crippen molar-refractivity contribution >= 4 is 27.5 Å². The summed E-state index contributed by atoms with van der Waals surface area (Å²) < 4.78 is 22.6. The Bertz CT molecular complexity index is 659. The van der Waals surface area contributed by atoms with Crippen molar-refractivity contribution in [3.63, 3.8) is 0 Å². The summed E-state index contributed by atoms with van der Waals surface area (Å²) in [6.45, 7) is 0.230. The summed E-state index contributed by atoms with van der Waals surface area (Å²) in [5.74, 6) is -1.13. The molecule has 1 aliphatic heterocycles. The molecular formula is C12H15N3O5S. The summed E-state index contributed by atoms with van der Waals surface area (Å²) in [5.41, 5.74) is -0.169. The van der Waals surface area contributed by atoms with Crippen LogP contribution in [0, 0.1) is 5.92 Å². The fourth-order valence-electron chi connectivity index (χ4n) is 2.11. The van der Waals surface area contributed by atoms with Gasteiger partial charge in [-0.25, -0.2) is 23.0 Å². The van der Waals surface area contributed by atoms with Gasteiger partial charge in [0.05, 0.1) is 17.2 Å². The number of hydrogen-bond acceptors (Lipinski definition) is 5. The molecule has 0 radical (unpaired) electrons. The van der Waals surface area contributed by atoms with Crippen molar-refractivity contribution in [1.29, 1.82) is 0 Å². The number of nitrogens with zero attached hydrogens (tertiary/aromatic N) is 1. The SMILES string of the molecule is O=C(NCC1CCS(=O)(=O)C1)Nc1cccnc1C(=O)O. The number of sulfone groups is 1. The Morgan fingerprint density at radius 2 is 2.19 bits per heavy atom. The highest BCUT2D eigenvalue weighted by Crippen LogP contribution is 2.17. The van der Waals surface area contributed by atoms with Crippen LogP contribution < -0.4 is 10.6 Å². The Morgan fingerprint density at radius 1 is 1.43 bits per heavy atom. The van der Waals surface area contributed by atoms with Crippen LogP contribution in [0.3, 0.4) is 0 Å². The number of carboxylic acids is 1. The van der Waals surface area contributed by atoms with E-state index in [0.717, 1.165) is 0 Å². The lowest BCUT2D eigenvalue weighted by Crippen LogP contribution is -2.34. The third-order valence-electron chi connectivity index (χ3n) is 3.14. The first-order valence-corrected chi connectivity index (χ1v) is 8.13. The topological polar surface area (TPSA) is 125 Å². The molecule has 0 bridgehead atoms. The van der Waals surface area contributed by atoms with Crippen molar-refractivity contribution in [1.82, 2.24) is 10.3 Å². The normalized spacial score (nSPS) is 19.9. The maximum atomic E-state index is 11.7. The molecule has 0 aliphatic carbocycles. The predicted octanol–water partition coefficient (Wildman–Crippen LogP) is 0.336. The molecule has 0 aromatic carbocycles. The summed E-state index contributed by atoms with van der Waals surface area (Å²) in [4.78, 5) is 26.3. The fraction of sp³-hybridized carbons (Fsp3) is 0.417. The van der Waals surface area contributed by atoms with Crippen LogP contribution in [0.15, 0.2) is 18.3 Å². The molecule has 114 valence electrons. The number of aromatic nitrogens is 1. The van der Waals surface area contributed by atoms with E-state index >= 15 is 0 Å². The van der Waals surface area contributed by atoms with Crippen molar-refractivity contribution < 1.29 is 23.1 Å². The van der Waals surface area contributed by atoms with Crippen molar-refractivity contribution in [3.8, 4) is 0 Å². The first-order valence-electron chi connectivity index (χ1n) is 6.31. The molecule has 21 heavy (non-hydrogen) atoms. The van der Waals surface area contributed by atoms with Gasteiger partial charge in [-0.05, 0) is 24.5 Å². The second kappa shape index (κ2) is 6.08. The summed E-state index contributed by atoms with van der Waals surface area (Å²) in [5, 5.41) is 13.9. The van der Waals surface area contributed by atoms with E-state index in [1.54, 1.807) is 0 Å². The van der Waals surface area contributed by atoms with Crippen LogP contribution in [0.2, 0.25) is 0 Å². The highest BCUT2D eigenvalue weighted by atomic mass is 32.2. The molecule has 0 spiro atoms. The minimum absolute atomic E-state index is 0.0700. The average molecular weight is 313 g/mol. The van der Waals surface area contributed by atoms with E-state index in [2.05, 4.69) is 15.6 Å². The number of carbonyl (C=O) groups excluding carboxylic acids is 1. The average Bonchev–Trinajstić information content (AvgIpc) is 2.76. The number of amides is 2. The molecule has 2 rings (SSSR count). The van der Waals surface area contributed by atoms with Crippen molar-refractivity contribution in [2.45, 2.75) is 6.42 Å². The van der Waals surface area contributed by atoms with Gasteiger partial charge in [-0.15, -0.1) is 0 Å². The Morgan fingerprint density at radius 3 is 2.81 bits per heavy atom. The zero-order valence-corrected chi connectivity index (χ0v) is 11.9. The minimum atomic E-state index is -2.98. The predicted molar refractivity (Wildman–Crippen MR) is 75.0 cm³/mol. The molecule has 1 aromatic heterocycles. The van der Waals surface area contributed by atoms with E-state index in [4.69, 9.17) is 5.11 Å². The van der Waals surface area contributed by atoms with Crippen LogP contribution in [0.4, 0.5) is 10.5 Å². The van der Waals surface area contributed by atoms with Crippen LogP contribution in [-0.2, 0) is 9.84 Å². The summed E-state index contributed by atoms with van der Waals surface area (Å²) >= 11 is 0. The maximum Gasteiger partial charge on any atom is 0.356 e. The van der Waals surface area contributed by atoms with Crippen LogP contribution in [0.1, 0.15) is 16.9 Å². The number of carbonyl (C=O) groups is 2. The number of aromatic carboxylic acids is 1. The van der Waals surface area contributed by atoms with Crippen LogP contribution in [-0.4, -0.2) is 48.6 Å². The van der Waals surface area contributed by atoms with Crippen molar-refractivity contribution in [2.75, 3.05) is 23.4 Å². The Hall–Kier alpha value is -2.16. The summed E-state index contributed by atoms with van der Waals surface area (Å²) in [6, 6.07) is 2.34. The standard InChI is InChI=1S/C12H15N3O5S/c16-11(17)10-9(2-1-4-13-10)15-12(18)14-6-8-3-5-21(19,20)7-8/h1-2,4,8H,3,5-7H2,(H,16,17)(H2,14,15,18). The second-order valence-corrected chi connectivity index (χ2v) is 7.04. The first-order chi connectivity index (χ1) is 9.87. The lowest BCUT2D eigenvalue weighted by molar-refractivity contribution is 0.0691. The Kier molecular flexibility index (Phi) is 4.41. The molecule has 1 fully saturated rings. The highest BCUT2D eigenvalue weighted by Gasteiger charge is 2.28. The van der Waals surface area contributed by atoms with Gasteiger partial charge in [-0.1, -0.05) is 0 Å². The molecular weight excluding hydrogens is 298 g/mol. The first kappa shape index (κ1) is 15.2. The van der Waals surface area contributed by atoms with Crippen molar-refractivity contribution in [2.24, 2.45) is 5.92 Å². The molecule has 8 nitrogen and oxygen atoms in total. The zero-order valence-electron chi connectivity index (χ0n) is 11.1. The summed E-state index contributed by atoms with van der Waals surface area (Å²) in [7, 11) is -2.98. The number of pyridine rings is 1. The van der Waals surface area contributed by atoms with E-state index in [1.165, 1.54) is 18.3 Å². The monoisotopic (exact) mass is 313 g/mol. The van der Waals surface area contributed by atoms with Gasteiger partial charge < -0.3 is 15.7 Å². The molecule has 1 unspecified atom stereocenters. The molecule has 2 heterocycles. The van der Waals surface area contributed by atoms with Crippen LogP contribution >= 0.6 is 0 Å². The van der Waals surface area contributed by atoms with Gasteiger partial charge in [0.1, 0.15) is 0 Å². The molecule has 1 atom stereocenters. The van der Waals surface area contributed by atoms with Crippen LogP contribution in [0.5, 0.6) is 0 Å². The summed E-state index contributed by atoms with van der Waals surface area (Å²) in [6.07, 6.45) is 1.84. The molecule has 3 N–H and O–H groups in total. The lowest BCUT2D eigenvalue weighted by atomic mass is 10.1. The van der Waals surface area contributed by atoms with Crippen LogP contribution in [0.25, 0.3) is 0 Å². The number of rotatable bonds is 4. The lowest BCUT2D eigenvalue weighted by Gasteiger charge is -2.11. The number of anilines is 1. The highest BCUT2D eigenvalue weighted by molar-refractivity contribution is 7.91. The van der Waals surface area contributed by atoms with E-state index in [1.807, 2.05) is 0 Å². The number of urea groups is 1. The quantitative estimate of drug-likeness (QED) is 0.736. The largest absolute Gasteiger partial charge is 0.476 e. The number of nitrogens with one attached hydrogen (secondary N) is 2. The molecule has 9 heteroatoms. The fourth-order valence-corrected chi connectivity index (χ4v) is 3.98. The third-order valence-corrected chi connectivity index (χ3v) is 4.97. The Labute approximate surface area is 121 Å². The van der Waals surface area contributed by atoms with Gasteiger partial charge in [-0.2, -0.15) is 0 Å². The number of hydrogen-bond donors (Lipinski definition) is 3.